The lowest BCUT2D eigenvalue weighted by Gasteiger charge is -2.31. The van der Waals surface area contributed by atoms with E-state index >= 15 is 0 Å². The van der Waals surface area contributed by atoms with Gasteiger partial charge in [-0.15, -0.1) is 11.8 Å². The minimum Gasteiger partial charge on any atom is -0.480 e. The molecule has 9 heteroatoms. The van der Waals surface area contributed by atoms with Crippen molar-refractivity contribution < 1.29 is 19.5 Å². The lowest BCUT2D eigenvalue weighted by atomic mass is 9.94. The summed E-state index contributed by atoms with van der Waals surface area (Å²) in [6.45, 7) is 4.70. The van der Waals surface area contributed by atoms with Crippen molar-refractivity contribution in [2.45, 2.75) is 44.0 Å². The molecule has 6 nitrogen and oxygen atoms in total. The third-order valence-corrected chi connectivity index (χ3v) is 6.99. The smallest absolute Gasteiger partial charge is 0.326 e. The Morgan fingerprint density at radius 1 is 1.23 bits per heavy atom. The molecule has 1 aromatic carbocycles. The Hall–Kier alpha value is -1.70. The molecular formula is C22H28Cl2N2O4S. The molecule has 2 N–H and O–H groups in total. The maximum Gasteiger partial charge on any atom is 0.326 e. The van der Waals surface area contributed by atoms with Gasteiger partial charge >= 0.3 is 5.97 Å². The van der Waals surface area contributed by atoms with Gasteiger partial charge in [0.25, 0.3) is 0 Å². The molecule has 1 aliphatic heterocycles. The van der Waals surface area contributed by atoms with E-state index in [0.717, 1.165) is 4.90 Å². The van der Waals surface area contributed by atoms with E-state index in [9.17, 15) is 19.5 Å². The summed E-state index contributed by atoms with van der Waals surface area (Å²) < 4.78 is 0. The summed E-state index contributed by atoms with van der Waals surface area (Å²) in [5.74, 6) is -1.58. The van der Waals surface area contributed by atoms with Gasteiger partial charge in [0, 0.05) is 30.0 Å². The van der Waals surface area contributed by atoms with Crippen LogP contribution < -0.4 is 5.32 Å². The fraction of sp³-hybridized carbons (Fsp3) is 0.500. The van der Waals surface area contributed by atoms with E-state index in [1.807, 2.05) is 32.2 Å². The van der Waals surface area contributed by atoms with Gasteiger partial charge in [-0.05, 0) is 49.1 Å². The third kappa shape index (κ3) is 7.16. The third-order valence-electron chi connectivity index (χ3n) is 5.20. The highest BCUT2D eigenvalue weighted by molar-refractivity contribution is 7.98. The lowest BCUT2D eigenvalue weighted by Crippen LogP contribution is -2.47. The zero-order valence-electron chi connectivity index (χ0n) is 17.9. The number of hydrogen-bond donors (Lipinski definition) is 2. The van der Waals surface area contributed by atoms with Crippen molar-refractivity contribution >= 4 is 58.8 Å². The molecule has 2 amide bonds. The number of halogens is 2. The number of carboxylic acids is 1. The van der Waals surface area contributed by atoms with Crippen LogP contribution in [0.4, 0.5) is 0 Å². The van der Waals surface area contributed by atoms with Crippen molar-refractivity contribution in [2.75, 3.05) is 19.3 Å². The predicted octanol–water partition coefficient (Wildman–Crippen LogP) is 4.58. The highest BCUT2D eigenvalue weighted by Crippen LogP contribution is 2.35. The number of rotatable bonds is 8. The molecule has 1 unspecified atom stereocenters. The number of thioether (sulfide) groups is 1. The molecule has 0 saturated carbocycles. The Kier molecular flexibility index (Phi) is 9.72. The van der Waals surface area contributed by atoms with Gasteiger partial charge in [-0.25, -0.2) is 4.79 Å². The van der Waals surface area contributed by atoms with Crippen molar-refractivity contribution in [3.05, 3.63) is 33.8 Å². The van der Waals surface area contributed by atoms with Crippen LogP contribution in [0.2, 0.25) is 10.0 Å². The highest BCUT2D eigenvalue weighted by Gasteiger charge is 2.29. The average molecular weight is 487 g/mol. The van der Waals surface area contributed by atoms with Gasteiger partial charge in [0.1, 0.15) is 6.04 Å². The first-order valence-electron chi connectivity index (χ1n) is 10.2. The topological polar surface area (TPSA) is 86.7 Å². The first kappa shape index (κ1) is 25.6. The second-order valence-electron chi connectivity index (χ2n) is 7.95. The summed E-state index contributed by atoms with van der Waals surface area (Å²) in [7, 11) is 0. The average Bonchev–Trinajstić information content (AvgIpc) is 2.73. The molecule has 170 valence electrons. The number of piperidine rings is 1. The van der Waals surface area contributed by atoms with Gasteiger partial charge in [-0.2, -0.15) is 0 Å². The molecule has 1 atom stereocenters. The quantitative estimate of drug-likeness (QED) is 0.414. The van der Waals surface area contributed by atoms with Crippen LogP contribution in [0.5, 0.6) is 0 Å². The fourth-order valence-electron chi connectivity index (χ4n) is 3.44. The van der Waals surface area contributed by atoms with Crippen molar-refractivity contribution in [1.29, 1.82) is 0 Å². The molecule has 0 spiro atoms. The van der Waals surface area contributed by atoms with Crippen LogP contribution in [0.3, 0.4) is 0 Å². The van der Waals surface area contributed by atoms with Crippen LogP contribution in [0, 0.1) is 11.8 Å². The zero-order chi connectivity index (χ0) is 23.1. The molecule has 0 bridgehead atoms. The minimum absolute atomic E-state index is 0.160. The minimum atomic E-state index is -1.02. The van der Waals surface area contributed by atoms with Gasteiger partial charge in [-0.3, -0.25) is 9.59 Å². The number of benzene rings is 1. The maximum atomic E-state index is 12.5. The van der Waals surface area contributed by atoms with Gasteiger partial charge in [0.2, 0.25) is 11.8 Å². The molecule has 1 aliphatic rings. The molecule has 0 aromatic heterocycles. The van der Waals surface area contributed by atoms with Gasteiger partial charge in [0.05, 0.1) is 10.0 Å². The summed E-state index contributed by atoms with van der Waals surface area (Å²) in [5, 5.41) is 12.8. The van der Waals surface area contributed by atoms with Crippen molar-refractivity contribution in [1.82, 2.24) is 10.2 Å². The number of amides is 2. The largest absolute Gasteiger partial charge is 0.480 e. The predicted molar refractivity (Wildman–Crippen MR) is 126 cm³/mol. The summed E-state index contributed by atoms with van der Waals surface area (Å²) in [4.78, 5) is 38.9. The zero-order valence-corrected chi connectivity index (χ0v) is 20.2. The molecule has 0 radical (unpaired) electrons. The van der Waals surface area contributed by atoms with Crippen molar-refractivity contribution in [3.63, 3.8) is 0 Å². The molecule has 2 rings (SSSR count). The van der Waals surface area contributed by atoms with Crippen LogP contribution in [-0.2, 0) is 14.4 Å². The molecular weight excluding hydrogens is 459 g/mol. The van der Waals surface area contributed by atoms with Crippen LogP contribution in [-0.4, -0.2) is 53.2 Å². The standard InChI is InChI=1S/C22H28Cl2N2O4S/c1-13(2)12-16(22(29)30)25-21(28)15-8-10-26(11-9-15)18(27)7-5-14-4-6-17(31-3)20(24)19(14)23/h4-7,13,15-16H,8-12H2,1-3H3,(H,25,28)(H,29,30). The maximum absolute atomic E-state index is 12.5. The van der Waals surface area contributed by atoms with Crippen LogP contribution in [0.1, 0.15) is 38.7 Å². The summed E-state index contributed by atoms with van der Waals surface area (Å²) in [5.41, 5.74) is 0.664. The summed E-state index contributed by atoms with van der Waals surface area (Å²) >= 11 is 14.0. The lowest BCUT2D eigenvalue weighted by molar-refractivity contribution is -0.143. The molecule has 1 fully saturated rings. The first-order valence-corrected chi connectivity index (χ1v) is 12.1. The van der Waals surface area contributed by atoms with E-state index < -0.39 is 12.0 Å². The van der Waals surface area contributed by atoms with Crippen molar-refractivity contribution in [3.8, 4) is 0 Å². The molecule has 1 saturated heterocycles. The van der Waals surface area contributed by atoms with Crippen LogP contribution in [0.15, 0.2) is 23.1 Å². The Labute approximate surface area is 197 Å². The Morgan fingerprint density at radius 2 is 1.87 bits per heavy atom. The summed E-state index contributed by atoms with van der Waals surface area (Å²) in [6, 6.07) is 2.79. The molecule has 1 heterocycles. The summed E-state index contributed by atoms with van der Waals surface area (Å²) in [6.07, 6.45) is 6.38. The van der Waals surface area contributed by atoms with Crippen LogP contribution >= 0.6 is 35.0 Å². The van der Waals surface area contributed by atoms with E-state index in [4.69, 9.17) is 23.2 Å². The Bertz CT molecular complexity index is 852. The number of nitrogens with zero attached hydrogens (tertiary/aromatic N) is 1. The molecule has 31 heavy (non-hydrogen) atoms. The number of likely N-dealkylation sites (tertiary alicyclic amines) is 1. The SMILES string of the molecule is CSc1ccc(C=CC(=O)N2CCC(C(=O)NC(CC(C)C)C(=O)O)CC2)c(Cl)c1Cl. The van der Waals surface area contributed by atoms with Gasteiger partial charge < -0.3 is 15.3 Å². The van der Waals surface area contributed by atoms with E-state index in [0.29, 0.717) is 48.0 Å². The van der Waals surface area contributed by atoms with Crippen LogP contribution in [0.25, 0.3) is 6.08 Å². The number of nitrogens with one attached hydrogen (secondary N) is 1. The Balaban J connectivity index is 1.91. The number of carbonyl (C=O) groups is 3. The van der Waals surface area contributed by atoms with Gasteiger partial charge in [0.15, 0.2) is 0 Å². The van der Waals surface area contributed by atoms with E-state index in [1.54, 1.807) is 11.0 Å². The molecule has 0 aliphatic carbocycles. The number of carboxylic acid groups (broad SMARTS) is 1. The number of carbonyl (C=O) groups excluding carboxylic acids is 2. The molecule has 1 aromatic rings. The first-order chi connectivity index (χ1) is 14.6. The second kappa shape index (κ2) is 11.8. The fourth-order valence-corrected chi connectivity index (χ4v) is 4.62. The Morgan fingerprint density at radius 3 is 2.42 bits per heavy atom. The second-order valence-corrected chi connectivity index (χ2v) is 9.55. The highest BCUT2D eigenvalue weighted by atomic mass is 35.5. The monoisotopic (exact) mass is 486 g/mol. The number of aliphatic carboxylic acids is 1. The van der Waals surface area contributed by atoms with Crippen molar-refractivity contribution in [2.24, 2.45) is 11.8 Å². The van der Waals surface area contributed by atoms with Gasteiger partial charge in [-0.1, -0.05) is 43.1 Å². The van der Waals surface area contributed by atoms with E-state index in [-0.39, 0.29) is 23.7 Å². The normalized spacial score (nSPS) is 16.0. The van der Waals surface area contributed by atoms with E-state index in [1.165, 1.54) is 17.8 Å². The van der Waals surface area contributed by atoms with E-state index in [2.05, 4.69) is 5.32 Å². The number of hydrogen-bond acceptors (Lipinski definition) is 4.